The normalized spacial score (nSPS) is 13.2. The van der Waals surface area contributed by atoms with E-state index in [-0.39, 0.29) is 0 Å². The molecule has 3 nitrogen and oxygen atoms in total. The van der Waals surface area contributed by atoms with Crippen LogP contribution in [0.5, 0.6) is 0 Å². The molecule has 112 valence electrons. The topological polar surface area (TPSA) is 29.9 Å². The lowest BCUT2D eigenvalue weighted by atomic mass is 10.1. The van der Waals surface area contributed by atoms with Gasteiger partial charge in [-0.25, -0.2) is 4.68 Å². The summed E-state index contributed by atoms with van der Waals surface area (Å²) < 4.78 is 2.10. The van der Waals surface area contributed by atoms with Crippen molar-refractivity contribution in [3.05, 3.63) is 63.0 Å². The molecule has 0 unspecified atom stereocenters. The second-order valence-electron chi connectivity index (χ2n) is 5.91. The Labute approximate surface area is 134 Å². The second kappa shape index (κ2) is 5.29. The Morgan fingerprint density at radius 2 is 2.18 bits per heavy atom. The number of aromatic nitrogens is 2. The first-order valence-corrected chi connectivity index (χ1v) is 8.55. The van der Waals surface area contributed by atoms with Gasteiger partial charge in [0.2, 0.25) is 0 Å². The molecule has 0 saturated carbocycles. The van der Waals surface area contributed by atoms with Crippen molar-refractivity contribution in [1.82, 2.24) is 9.78 Å². The van der Waals surface area contributed by atoms with Crippen molar-refractivity contribution in [2.45, 2.75) is 26.7 Å². The number of hydrogen-bond acceptors (Lipinski definition) is 3. The Hall–Kier alpha value is -2.07. The summed E-state index contributed by atoms with van der Waals surface area (Å²) in [5.41, 5.74) is 6.32. The van der Waals surface area contributed by atoms with Crippen molar-refractivity contribution in [3.63, 3.8) is 0 Å². The SMILES string of the molecule is Cc1ccc(-n2nc(Cc3cccs3)c3c2NCC3)c(C)c1. The van der Waals surface area contributed by atoms with Gasteiger partial charge in [-0.1, -0.05) is 23.8 Å². The molecule has 1 N–H and O–H groups in total. The number of nitrogens with one attached hydrogen (secondary N) is 1. The van der Waals surface area contributed by atoms with E-state index in [4.69, 9.17) is 5.10 Å². The molecule has 2 aromatic heterocycles. The summed E-state index contributed by atoms with van der Waals surface area (Å²) in [6.07, 6.45) is 2.00. The second-order valence-corrected chi connectivity index (χ2v) is 6.94. The molecule has 1 aromatic carbocycles. The van der Waals surface area contributed by atoms with Crippen LogP contribution in [-0.4, -0.2) is 16.3 Å². The molecule has 0 saturated heterocycles. The fourth-order valence-corrected chi connectivity index (χ4v) is 3.89. The number of rotatable bonds is 3. The summed E-state index contributed by atoms with van der Waals surface area (Å²) in [5, 5.41) is 10.6. The summed E-state index contributed by atoms with van der Waals surface area (Å²) in [6.45, 7) is 5.30. The van der Waals surface area contributed by atoms with Crippen LogP contribution in [-0.2, 0) is 12.8 Å². The molecule has 1 aliphatic heterocycles. The average Bonchev–Trinajstić information content (AvgIpc) is 3.19. The van der Waals surface area contributed by atoms with E-state index in [2.05, 4.69) is 59.6 Å². The third-order valence-electron chi connectivity index (χ3n) is 4.24. The summed E-state index contributed by atoms with van der Waals surface area (Å²) in [6, 6.07) is 10.9. The van der Waals surface area contributed by atoms with Gasteiger partial charge in [0.15, 0.2) is 0 Å². The van der Waals surface area contributed by atoms with E-state index in [0.717, 1.165) is 19.4 Å². The van der Waals surface area contributed by atoms with Crippen molar-refractivity contribution in [1.29, 1.82) is 0 Å². The van der Waals surface area contributed by atoms with Crippen LogP contribution < -0.4 is 5.32 Å². The Kier molecular flexibility index (Phi) is 3.26. The molecule has 3 aromatic rings. The minimum Gasteiger partial charge on any atom is -0.369 e. The zero-order chi connectivity index (χ0) is 15.1. The van der Waals surface area contributed by atoms with Crippen LogP contribution in [0.3, 0.4) is 0 Å². The first-order chi connectivity index (χ1) is 10.7. The Morgan fingerprint density at radius 1 is 1.27 bits per heavy atom. The molecular formula is C18H19N3S. The van der Waals surface area contributed by atoms with Gasteiger partial charge >= 0.3 is 0 Å². The summed E-state index contributed by atoms with van der Waals surface area (Å²) >= 11 is 1.80. The van der Waals surface area contributed by atoms with Crippen molar-refractivity contribution < 1.29 is 0 Å². The molecule has 0 amide bonds. The molecule has 0 bridgehead atoms. The van der Waals surface area contributed by atoms with Gasteiger partial charge in [0.05, 0.1) is 11.4 Å². The Morgan fingerprint density at radius 3 is 2.95 bits per heavy atom. The number of benzene rings is 1. The van der Waals surface area contributed by atoms with Crippen LogP contribution >= 0.6 is 11.3 Å². The summed E-state index contributed by atoms with van der Waals surface area (Å²) in [5.74, 6) is 1.18. The first-order valence-electron chi connectivity index (χ1n) is 7.67. The zero-order valence-corrected chi connectivity index (χ0v) is 13.7. The highest BCUT2D eigenvalue weighted by molar-refractivity contribution is 7.09. The predicted molar refractivity (Wildman–Crippen MR) is 92.4 cm³/mol. The van der Waals surface area contributed by atoms with E-state index in [1.807, 2.05) is 0 Å². The summed E-state index contributed by atoms with van der Waals surface area (Å²) in [7, 11) is 0. The highest BCUT2D eigenvalue weighted by Gasteiger charge is 2.23. The van der Waals surface area contributed by atoms with E-state index >= 15 is 0 Å². The maximum absolute atomic E-state index is 4.93. The zero-order valence-electron chi connectivity index (χ0n) is 12.9. The van der Waals surface area contributed by atoms with Gasteiger partial charge in [0.1, 0.15) is 5.82 Å². The number of anilines is 1. The van der Waals surface area contributed by atoms with Gasteiger partial charge in [0, 0.05) is 23.4 Å². The van der Waals surface area contributed by atoms with Crippen molar-refractivity contribution >= 4 is 17.2 Å². The number of hydrogen-bond donors (Lipinski definition) is 1. The number of nitrogens with zero attached hydrogens (tertiary/aromatic N) is 2. The largest absolute Gasteiger partial charge is 0.369 e. The molecule has 0 aliphatic carbocycles. The highest BCUT2D eigenvalue weighted by atomic mass is 32.1. The smallest absolute Gasteiger partial charge is 0.133 e. The molecule has 0 fully saturated rings. The minimum atomic E-state index is 0.930. The van der Waals surface area contributed by atoms with E-state index in [0.29, 0.717) is 0 Å². The molecule has 3 heterocycles. The standard InChI is InChI=1S/C18H19N3S/c1-12-5-6-17(13(2)10-12)21-18-15(7-8-19-18)16(20-21)11-14-4-3-9-22-14/h3-6,9-10,19H,7-8,11H2,1-2H3. The molecule has 4 rings (SSSR count). The van der Waals surface area contributed by atoms with Crippen LogP contribution in [0.4, 0.5) is 5.82 Å². The fraction of sp³-hybridized carbons (Fsp3) is 0.278. The Bertz CT molecular complexity index is 815. The van der Waals surface area contributed by atoms with Gasteiger partial charge < -0.3 is 5.32 Å². The maximum Gasteiger partial charge on any atom is 0.133 e. The monoisotopic (exact) mass is 309 g/mol. The van der Waals surface area contributed by atoms with Crippen LogP contribution in [0, 0.1) is 13.8 Å². The van der Waals surface area contributed by atoms with Crippen LogP contribution in [0.25, 0.3) is 5.69 Å². The van der Waals surface area contributed by atoms with Gasteiger partial charge in [-0.2, -0.15) is 5.10 Å². The quantitative estimate of drug-likeness (QED) is 0.789. The minimum absolute atomic E-state index is 0.930. The van der Waals surface area contributed by atoms with Crippen LogP contribution in [0.2, 0.25) is 0 Å². The molecule has 1 aliphatic rings. The lowest BCUT2D eigenvalue weighted by molar-refractivity contribution is 0.836. The molecule has 4 heteroatoms. The third kappa shape index (κ3) is 2.24. The molecule has 0 spiro atoms. The van der Waals surface area contributed by atoms with Crippen molar-refractivity contribution in [2.24, 2.45) is 0 Å². The summed E-state index contributed by atoms with van der Waals surface area (Å²) in [4.78, 5) is 1.37. The number of thiophene rings is 1. The van der Waals surface area contributed by atoms with Crippen molar-refractivity contribution in [2.75, 3.05) is 11.9 Å². The molecular weight excluding hydrogens is 290 g/mol. The first kappa shape index (κ1) is 13.6. The molecule has 22 heavy (non-hydrogen) atoms. The predicted octanol–water partition coefficient (Wildman–Crippen LogP) is 4.11. The van der Waals surface area contributed by atoms with Gasteiger partial charge in [-0.3, -0.25) is 0 Å². The Balaban J connectivity index is 1.80. The van der Waals surface area contributed by atoms with E-state index < -0.39 is 0 Å². The fourth-order valence-electron chi connectivity index (χ4n) is 3.18. The maximum atomic E-state index is 4.93. The lowest BCUT2D eigenvalue weighted by Crippen LogP contribution is -2.06. The van der Waals surface area contributed by atoms with Gasteiger partial charge in [0.25, 0.3) is 0 Å². The average molecular weight is 309 g/mol. The van der Waals surface area contributed by atoms with Gasteiger partial charge in [-0.15, -0.1) is 11.3 Å². The number of fused-ring (bicyclic) bond motifs is 1. The van der Waals surface area contributed by atoms with E-state index in [9.17, 15) is 0 Å². The van der Waals surface area contributed by atoms with Crippen molar-refractivity contribution in [3.8, 4) is 5.69 Å². The highest BCUT2D eigenvalue weighted by Crippen LogP contribution is 2.31. The van der Waals surface area contributed by atoms with Gasteiger partial charge in [-0.05, 0) is 43.3 Å². The molecule has 0 atom stereocenters. The molecule has 0 radical (unpaired) electrons. The van der Waals surface area contributed by atoms with Crippen LogP contribution in [0.1, 0.15) is 27.3 Å². The third-order valence-corrected chi connectivity index (χ3v) is 5.11. The van der Waals surface area contributed by atoms with Crippen LogP contribution in [0.15, 0.2) is 35.7 Å². The number of aryl methyl sites for hydroxylation is 2. The van der Waals surface area contributed by atoms with E-state index in [1.165, 1.54) is 38.8 Å². The lowest BCUT2D eigenvalue weighted by Gasteiger charge is -2.10. The van der Waals surface area contributed by atoms with E-state index in [1.54, 1.807) is 11.3 Å².